The molecule has 20 heavy (non-hydrogen) atoms. The first-order valence-corrected chi connectivity index (χ1v) is 7.19. The number of nitrogens with one attached hydrogen (secondary N) is 1. The van der Waals surface area contributed by atoms with Crippen molar-refractivity contribution in [3.63, 3.8) is 0 Å². The maximum atomic E-state index is 11.9. The Morgan fingerprint density at radius 1 is 1.55 bits per heavy atom. The lowest BCUT2D eigenvalue weighted by atomic mass is 9.98. The van der Waals surface area contributed by atoms with Crippen LogP contribution in [0.25, 0.3) is 0 Å². The zero-order valence-corrected chi connectivity index (χ0v) is 11.9. The molecule has 1 aromatic rings. The first-order chi connectivity index (χ1) is 9.65. The van der Waals surface area contributed by atoms with Gasteiger partial charge >= 0.3 is 0 Å². The maximum absolute atomic E-state index is 11.9. The summed E-state index contributed by atoms with van der Waals surface area (Å²) in [4.78, 5) is 14.1. The van der Waals surface area contributed by atoms with Gasteiger partial charge in [-0.1, -0.05) is 0 Å². The van der Waals surface area contributed by atoms with Crippen LogP contribution in [0.3, 0.4) is 0 Å². The number of anilines is 2. The van der Waals surface area contributed by atoms with Gasteiger partial charge < -0.3 is 21.1 Å². The van der Waals surface area contributed by atoms with Crippen LogP contribution in [-0.2, 0) is 0 Å². The molecule has 1 heterocycles. The Morgan fingerprint density at radius 3 is 3.05 bits per heavy atom. The van der Waals surface area contributed by atoms with E-state index >= 15 is 0 Å². The Bertz CT molecular complexity index is 476. The molecule has 4 N–H and O–H groups in total. The van der Waals surface area contributed by atoms with E-state index in [-0.39, 0.29) is 18.4 Å². The number of carbonyl (C=O) groups excluding carboxylic acids is 1. The monoisotopic (exact) mass is 277 g/mol. The number of amides is 1. The first-order valence-electron chi connectivity index (χ1n) is 7.19. The van der Waals surface area contributed by atoms with Gasteiger partial charge in [0.1, 0.15) is 0 Å². The van der Waals surface area contributed by atoms with E-state index in [4.69, 9.17) is 5.73 Å². The number of carbonyl (C=O) groups is 1. The van der Waals surface area contributed by atoms with E-state index in [1.54, 1.807) is 12.1 Å². The lowest BCUT2D eigenvalue weighted by Gasteiger charge is -2.34. The van der Waals surface area contributed by atoms with Crippen molar-refractivity contribution >= 4 is 17.3 Å². The summed E-state index contributed by atoms with van der Waals surface area (Å²) in [6, 6.07) is 5.37. The number of rotatable bonds is 4. The zero-order chi connectivity index (χ0) is 14.5. The molecule has 1 saturated heterocycles. The average Bonchev–Trinajstić information content (AvgIpc) is 2.48. The molecule has 0 aromatic heterocycles. The van der Waals surface area contributed by atoms with Gasteiger partial charge in [0.25, 0.3) is 5.91 Å². The number of benzene rings is 1. The van der Waals surface area contributed by atoms with Gasteiger partial charge in [-0.3, -0.25) is 4.79 Å². The summed E-state index contributed by atoms with van der Waals surface area (Å²) in [5, 5.41) is 12.1. The van der Waals surface area contributed by atoms with Crippen molar-refractivity contribution in [3.8, 4) is 0 Å². The van der Waals surface area contributed by atoms with Crippen LogP contribution in [0.4, 0.5) is 11.4 Å². The molecule has 0 aliphatic carbocycles. The molecule has 0 saturated carbocycles. The van der Waals surface area contributed by atoms with Crippen LogP contribution in [0.5, 0.6) is 0 Å². The average molecular weight is 277 g/mol. The van der Waals surface area contributed by atoms with E-state index in [9.17, 15) is 9.90 Å². The molecule has 0 radical (unpaired) electrons. The Balaban J connectivity index is 2.21. The fourth-order valence-corrected chi connectivity index (χ4v) is 2.65. The van der Waals surface area contributed by atoms with Crippen LogP contribution in [-0.4, -0.2) is 37.3 Å². The van der Waals surface area contributed by atoms with Crippen LogP contribution in [0.1, 0.15) is 30.1 Å². The standard InChI is InChI=1S/C15H23N3O2/c1-2-17-15(20)12-5-6-13(16)14(8-12)18-7-3-4-11(9-18)10-19/h5-6,8,11,19H,2-4,7,9-10,16H2,1H3,(H,17,20). The molecule has 1 fully saturated rings. The third kappa shape index (κ3) is 3.22. The topological polar surface area (TPSA) is 78.6 Å². The molecule has 1 atom stereocenters. The smallest absolute Gasteiger partial charge is 0.251 e. The molecule has 1 amide bonds. The number of aliphatic hydroxyl groups is 1. The van der Waals surface area contributed by atoms with Crippen molar-refractivity contribution in [1.29, 1.82) is 0 Å². The van der Waals surface area contributed by atoms with E-state index in [0.717, 1.165) is 31.6 Å². The molecule has 0 spiro atoms. The van der Waals surface area contributed by atoms with Gasteiger partial charge in [0.15, 0.2) is 0 Å². The number of piperidine rings is 1. The van der Waals surface area contributed by atoms with Crippen molar-refractivity contribution in [3.05, 3.63) is 23.8 Å². The predicted molar refractivity (Wildman–Crippen MR) is 80.9 cm³/mol. The molecular weight excluding hydrogens is 254 g/mol. The van der Waals surface area contributed by atoms with E-state index < -0.39 is 0 Å². The van der Waals surface area contributed by atoms with Crippen molar-refractivity contribution in [2.75, 3.05) is 36.9 Å². The van der Waals surface area contributed by atoms with Gasteiger partial charge in [-0.25, -0.2) is 0 Å². The highest BCUT2D eigenvalue weighted by atomic mass is 16.3. The van der Waals surface area contributed by atoms with Crippen LogP contribution < -0.4 is 16.0 Å². The van der Waals surface area contributed by atoms with E-state index in [0.29, 0.717) is 17.8 Å². The number of hydrogen-bond acceptors (Lipinski definition) is 4. The summed E-state index contributed by atoms with van der Waals surface area (Å²) in [5.74, 6) is 0.209. The Labute approximate surface area is 119 Å². The summed E-state index contributed by atoms with van der Waals surface area (Å²) in [7, 11) is 0. The van der Waals surface area contributed by atoms with Crippen molar-refractivity contribution in [2.45, 2.75) is 19.8 Å². The Hall–Kier alpha value is -1.75. The van der Waals surface area contributed by atoms with E-state index in [1.165, 1.54) is 0 Å². The molecule has 5 nitrogen and oxygen atoms in total. The van der Waals surface area contributed by atoms with Crippen LogP contribution in [0.2, 0.25) is 0 Å². The molecule has 1 unspecified atom stereocenters. The fraction of sp³-hybridized carbons (Fsp3) is 0.533. The number of nitrogens with two attached hydrogens (primary N) is 1. The molecule has 1 aliphatic heterocycles. The summed E-state index contributed by atoms with van der Waals surface area (Å²) < 4.78 is 0. The first kappa shape index (κ1) is 14.7. The second-order valence-electron chi connectivity index (χ2n) is 5.27. The Kier molecular flexibility index (Phi) is 4.84. The van der Waals surface area contributed by atoms with Gasteiger partial charge in [0.2, 0.25) is 0 Å². The Morgan fingerprint density at radius 2 is 2.35 bits per heavy atom. The number of hydrogen-bond donors (Lipinski definition) is 3. The summed E-state index contributed by atoms with van der Waals surface area (Å²) in [6.45, 7) is 4.41. The second-order valence-corrected chi connectivity index (χ2v) is 5.27. The zero-order valence-electron chi connectivity index (χ0n) is 11.9. The van der Waals surface area contributed by atoms with Crippen LogP contribution >= 0.6 is 0 Å². The minimum absolute atomic E-state index is 0.0792. The summed E-state index contributed by atoms with van der Waals surface area (Å²) in [6.07, 6.45) is 2.08. The number of nitrogen functional groups attached to an aromatic ring is 1. The van der Waals surface area contributed by atoms with Gasteiger partial charge in [-0.05, 0) is 43.9 Å². The second kappa shape index (κ2) is 6.61. The third-order valence-electron chi connectivity index (χ3n) is 3.75. The van der Waals surface area contributed by atoms with Gasteiger partial charge in [-0.15, -0.1) is 0 Å². The third-order valence-corrected chi connectivity index (χ3v) is 3.75. The quantitative estimate of drug-likeness (QED) is 0.723. The van der Waals surface area contributed by atoms with Gasteiger partial charge in [0.05, 0.1) is 11.4 Å². The SMILES string of the molecule is CCNC(=O)c1ccc(N)c(N2CCCC(CO)C2)c1. The normalized spacial score (nSPS) is 18.9. The highest BCUT2D eigenvalue weighted by Crippen LogP contribution is 2.29. The minimum atomic E-state index is -0.0792. The van der Waals surface area contributed by atoms with Crippen molar-refractivity contribution in [1.82, 2.24) is 5.32 Å². The lowest BCUT2D eigenvalue weighted by molar-refractivity contribution is 0.0956. The van der Waals surface area contributed by atoms with E-state index in [1.807, 2.05) is 13.0 Å². The van der Waals surface area contributed by atoms with Gasteiger partial charge in [0, 0.05) is 31.8 Å². The molecule has 1 aromatic carbocycles. The maximum Gasteiger partial charge on any atom is 0.251 e. The van der Waals surface area contributed by atoms with Crippen LogP contribution in [0, 0.1) is 5.92 Å². The summed E-state index contributed by atoms with van der Waals surface area (Å²) in [5.41, 5.74) is 8.25. The molecule has 110 valence electrons. The molecule has 5 heteroatoms. The predicted octanol–water partition coefficient (Wildman–Crippen LogP) is 1.23. The minimum Gasteiger partial charge on any atom is -0.397 e. The molecule has 2 rings (SSSR count). The highest BCUT2D eigenvalue weighted by Gasteiger charge is 2.21. The highest BCUT2D eigenvalue weighted by molar-refractivity contribution is 5.96. The van der Waals surface area contributed by atoms with Crippen molar-refractivity contribution in [2.24, 2.45) is 5.92 Å². The molecule has 1 aliphatic rings. The molecule has 0 bridgehead atoms. The largest absolute Gasteiger partial charge is 0.397 e. The molecular formula is C15H23N3O2. The van der Waals surface area contributed by atoms with Crippen LogP contribution in [0.15, 0.2) is 18.2 Å². The lowest BCUT2D eigenvalue weighted by Crippen LogP contribution is -2.37. The summed E-state index contributed by atoms with van der Waals surface area (Å²) >= 11 is 0. The number of nitrogens with zero attached hydrogens (tertiary/aromatic N) is 1. The van der Waals surface area contributed by atoms with E-state index in [2.05, 4.69) is 10.2 Å². The number of aliphatic hydroxyl groups excluding tert-OH is 1. The van der Waals surface area contributed by atoms with Gasteiger partial charge in [-0.2, -0.15) is 0 Å². The fourth-order valence-electron chi connectivity index (χ4n) is 2.65. The van der Waals surface area contributed by atoms with Crippen molar-refractivity contribution < 1.29 is 9.90 Å².